The Bertz CT molecular complexity index is 519. The zero-order valence-corrected chi connectivity index (χ0v) is 11.9. The fourth-order valence-electron chi connectivity index (χ4n) is 2.26. The van der Waals surface area contributed by atoms with E-state index < -0.39 is 18.0 Å². The zero-order valence-electron chi connectivity index (χ0n) is 10.4. The van der Waals surface area contributed by atoms with Crippen molar-refractivity contribution in [2.45, 2.75) is 19.0 Å². The van der Waals surface area contributed by atoms with E-state index in [1.165, 1.54) is 23.1 Å². The van der Waals surface area contributed by atoms with Gasteiger partial charge >= 0.3 is 6.18 Å². The van der Waals surface area contributed by atoms with Crippen molar-refractivity contribution >= 4 is 29.1 Å². The maximum absolute atomic E-state index is 12.7. The molecule has 1 fully saturated rings. The number of rotatable bonds is 1. The van der Waals surface area contributed by atoms with Gasteiger partial charge in [-0.05, 0) is 31.0 Å². The first-order valence-corrected chi connectivity index (χ1v) is 6.85. The number of carbonyl (C=O) groups excluding carboxylic acids is 1. The SMILES string of the molecule is O=C(c1ccc(Cl)cc1Cl)N1CCC[C@H](C(F)(F)F)C1. The van der Waals surface area contributed by atoms with Gasteiger partial charge in [-0.2, -0.15) is 13.2 Å². The van der Waals surface area contributed by atoms with Crippen molar-refractivity contribution < 1.29 is 18.0 Å². The highest BCUT2D eigenvalue weighted by Crippen LogP contribution is 2.34. The molecule has 1 amide bonds. The maximum Gasteiger partial charge on any atom is 0.393 e. The van der Waals surface area contributed by atoms with Gasteiger partial charge in [-0.1, -0.05) is 23.2 Å². The van der Waals surface area contributed by atoms with E-state index in [1.807, 2.05) is 0 Å². The molecule has 1 heterocycles. The topological polar surface area (TPSA) is 20.3 Å². The van der Waals surface area contributed by atoms with Crippen molar-refractivity contribution in [2.24, 2.45) is 5.92 Å². The lowest BCUT2D eigenvalue weighted by atomic mass is 9.97. The molecule has 0 aromatic heterocycles. The first kappa shape index (κ1) is 15.4. The van der Waals surface area contributed by atoms with Gasteiger partial charge in [0.1, 0.15) is 0 Å². The number of benzene rings is 1. The van der Waals surface area contributed by atoms with E-state index in [2.05, 4.69) is 0 Å². The van der Waals surface area contributed by atoms with Crippen LogP contribution in [-0.2, 0) is 0 Å². The van der Waals surface area contributed by atoms with Crippen LogP contribution in [0.25, 0.3) is 0 Å². The molecule has 110 valence electrons. The molecule has 7 heteroatoms. The second-order valence-corrected chi connectivity index (χ2v) is 5.60. The van der Waals surface area contributed by atoms with Crippen LogP contribution in [0.2, 0.25) is 10.0 Å². The van der Waals surface area contributed by atoms with E-state index >= 15 is 0 Å². The fraction of sp³-hybridized carbons (Fsp3) is 0.462. The molecule has 1 aromatic carbocycles. The van der Waals surface area contributed by atoms with Crippen LogP contribution >= 0.6 is 23.2 Å². The molecule has 1 saturated heterocycles. The van der Waals surface area contributed by atoms with Gasteiger partial charge in [-0.15, -0.1) is 0 Å². The van der Waals surface area contributed by atoms with E-state index in [0.717, 1.165) is 0 Å². The summed E-state index contributed by atoms with van der Waals surface area (Å²) in [5.74, 6) is -1.95. The molecule has 0 N–H and O–H groups in total. The molecule has 1 aliphatic rings. The number of alkyl halides is 3. The smallest absolute Gasteiger partial charge is 0.338 e. The van der Waals surface area contributed by atoms with Crippen LogP contribution < -0.4 is 0 Å². The third-order valence-corrected chi connectivity index (χ3v) is 3.88. The Morgan fingerprint density at radius 3 is 2.60 bits per heavy atom. The number of carbonyl (C=O) groups is 1. The minimum atomic E-state index is -4.28. The molecule has 0 radical (unpaired) electrons. The molecule has 2 nitrogen and oxygen atoms in total. The summed E-state index contributed by atoms with van der Waals surface area (Å²) in [5.41, 5.74) is 0.180. The Kier molecular flexibility index (Phi) is 4.49. The van der Waals surface area contributed by atoms with Gasteiger partial charge in [0.2, 0.25) is 0 Å². The molecule has 1 aliphatic heterocycles. The van der Waals surface area contributed by atoms with Gasteiger partial charge in [-0.3, -0.25) is 4.79 Å². The zero-order chi connectivity index (χ0) is 14.9. The van der Waals surface area contributed by atoms with Crippen LogP contribution in [0.5, 0.6) is 0 Å². The Morgan fingerprint density at radius 2 is 2.00 bits per heavy atom. The van der Waals surface area contributed by atoms with Crippen LogP contribution in [0.4, 0.5) is 13.2 Å². The fourth-order valence-corrected chi connectivity index (χ4v) is 2.75. The van der Waals surface area contributed by atoms with E-state index in [0.29, 0.717) is 18.0 Å². The first-order chi connectivity index (χ1) is 9.29. The molecule has 0 spiro atoms. The summed E-state index contributed by atoms with van der Waals surface area (Å²) in [5, 5.41) is 0.523. The summed E-state index contributed by atoms with van der Waals surface area (Å²) in [4.78, 5) is 13.4. The molecule has 20 heavy (non-hydrogen) atoms. The first-order valence-electron chi connectivity index (χ1n) is 6.10. The second-order valence-electron chi connectivity index (χ2n) is 4.76. The number of hydrogen-bond acceptors (Lipinski definition) is 1. The number of halogens is 5. The van der Waals surface area contributed by atoms with Crippen LogP contribution in [0.15, 0.2) is 18.2 Å². The summed E-state index contributed by atoms with van der Waals surface area (Å²) in [7, 11) is 0. The van der Waals surface area contributed by atoms with Gasteiger partial charge < -0.3 is 4.90 Å². The van der Waals surface area contributed by atoms with E-state index in [4.69, 9.17) is 23.2 Å². The Balaban J connectivity index is 2.16. The number of likely N-dealkylation sites (tertiary alicyclic amines) is 1. The molecule has 1 atom stereocenters. The quantitative estimate of drug-likeness (QED) is 0.749. The molecule has 0 bridgehead atoms. The van der Waals surface area contributed by atoms with Crippen LogP contribution in [0.1, 0.15) is 23.2 Å². The van der Waals surface area contributed by atoms with Crippen molar-refractivity contribution in [1.29, 1.82) is 0 Å². The summed E-state index contributed by atoms with van der Waals surface area (Å²) < 4.78 is 38.2. The van der Waals surface area contributed by atoms with Gasteiger partial charge in [0, 0.05) is 18.1 Å². The molecule has 2 rings (SSSR count). The van der Waals surface area contributed by atoms with Gasteiger partial charge in [0.15, 0.2) is 0 Å². The number of nitrogens with zero attached hydrogens (tertiary/aromatic N) is 1. The number of amides is 1. The van der Waals surface area contributed by atoms with E-state index in [9.17, 15) is 18.0 Å². The minimum Gasteiger partial charge on any atom is -0.338 e. The molecule has 0 unspecified atom stereocenters. The van der Waals surface area contributed by atoms with Gasteiger partial charge in [0.05, 0.1) is 16.5 Å². The molecular weight excluding hydrogens is 314 g/mol. The normalized spacial score (nSPS) is 20.1. The predicted molar refractivity (Wildman–Crippen MR) is 71.1 cm³/mol. The lowest BCUT2D eigenvalue weighted by Crippen LogP contribution is -2.44. The van der Waals surface area contributed by atoms with Crippen molar-refractivity contribution in [3.8, 4) is 0 Å². The third kappa shape index (κ3) is 3.38. The molecule has 0 saturated carbocycles. The highest BCUT2D eigenvalue weighted by atomic mass is 35.5. The van der Waals surface area contributed by atoms with Crippen LogP contribution in [0.3, 0.4) is 0 Å². The van der Waals surface area contributed by atoms with Gasteiger partial charge in [0.25, 0.3) is 5.91 Å². The standard InChI is InChI=1S/C13H12Cl2F3NO/c14-9-3-4-10(11(15)6-9)12(20)19-5-1-2-8(7-19)13(16,17)18/h3-4,6,8H,1-2,5,7H2/t8-/m0/s1. The average Bonchev–Trinajstić information content (AvgIpc) is 2.37. The molecule has 0 aliphatic carbocycles. The highest BCUT2D eigenvalue weighted by molar-refractivity contribution is 6.36. The van der Waals surface area contributed by atoms with Crippen molar-refractivity contribution in [1.82, 2.24) is 4.90 Å². The summed E-state index contributed by atoms with van der Waals surface area (Å²) in [6.45, 7) is -0.00828. The Hall–Kier alpha value is -0.940. The molecular formula is C13H12Cl2F3NO. The van der Waals surface area contributed by atoms with Crippen molar-refractivity contribution in [2.75, 3.05) is 13.1 Å². The van der Waals surface area contributed by atoms with Crippen LogP contribution in [-0.4, -0.2) is 30.1 Å². The summed E-state index contributed by atoms with van der Waals surface area (Å²) in [6, 6.07) is 4.33. The average molecular weight is 326 g/mol. The Labute approximate surface area is 124 Å². The maximum atomic E-state index is 12.7. The minimum absolute atomic E-state index is 0.0572. The van der Waals surface area contributed by atoms with Gasteiger partial charge in [-0.25, -0.2) is 0 Å². The second kappa shape index (κ2) is 5.82. The van der Waals surface area contributed by atoms with E-state index in [-0.39, 0.29) is 23.6 Å². The number of piperidine rings is 1. The Morgan fingerprint density at radius 1 is 1.30 bits per heavy atom. The predicted octanol–water partition coefficient (Wildman–Crippen LogP) is 4.41. The van der Waals surface area contributed by atoms with Crippen LogP contribution in [0, 0.1) is 5.92 Å². The largest absolute Gasteiger partial charge is 0.393 e. The highest BCUT2D eigenvalue weighted by Gasteiger charge is 2.42. The lowest BCUT2D eigenvalue weighted by molar-refractivity contribution is -0.184. The lowest BCUT2D eigenvalue weighted by Gasteiger charge is -2.33. The number of hydrogen-bond donors (Lipinski definition) is 0. The van der Waals surface area contributed by atoms with E-state index in [1.54, 1.807) is 0 Å². The van der Waals surface area contributed by atoms with Crippen molar-refractivity contribution in [3.63, 3.8) is 0 Å². The summed E-state index contributed by atoms with van der Waals surface area (Å²) >= 11 is 11.6. The van der Waals surface area contributed by atoms with Crippen molar-refractivity contribution in [3.05, 3.63) is 33.8 Å². The third-order valence-electron chi connectivity index (χ3n) is 3.33. The monoisotopic (exact) mass is 325 g/mol. The summed E-state index contributed by atoms with van der Waals surface area (Å²) in [6.07, 6.45) is -3.88. The molecule has 1 aromatic rings.